The fraction of sp³-hybridized carbons (Fsp3) is 0.0833. The number of pyridine rings is 1. The molecule has 0 bridgehead atoms. The topological polar surface area (TPSA) is 24.9 Å². The zero-order valence-corrected chi connectivity index (χ0v) is 10.3. The summed E-state index contributed by atoms with van der Waals surface area (Å²) in [5.74, 6) is -0.382. The summed E-state index contributed by atoms with van der Waals surface area (Å²) in [6.07, 6.45) is 2.69. The molecule has 0 saturated heterocycles. The van der Waals surface area contributed by atoms with Gasteiger partial charge in [0.25, 0.3) is 0 Å². The highest BCUT2D eigenvalue weighted by Gasteiger charge is 2.04. The van der Waals surface area contributed by atoms with Gasteiger partial charge < -0.3 is 5.32 Å². The minimum Gasteiger partial charge on any atom is -0.380 e. The van der Waals surface area contributed by atoms with E-state index in [1.807, 2.05) is 12.1 Å². The van der Waals surface area contributed by atoms with Gasteiger partial charge >= 0.3 is 0 Å². The molecule has 0 aliphatic heterocycles. The van der Waals surface area contributed by atoms with Crippen molar-refractivity contribution in [3.63, 3.8) is 0 Å². The van der Waals surface area contributed by atoms with Gasteiger partial charge in [-0.2, -0.15) is 0 Å². The highest BCUT2D eigenvalue weighted by atomic mass is 35.5. The smallest absolute Gasteiger partial charge is 0.143 e. The van der Waals surface area contributed by atoms with Gasteiger partial charge in [0.15, 0.2) is 0 Å². The van der Waals surface area contributed by atoms with Crippen molar-refractivity contribution in [2.45, 2.75) is 6.54 Å². The zero-order valence-electron chi connectivity index (χ0n) is 8.75. The molecule has 1 aromatic carbocycles. The van der Waals surface area contributed by atoms with Crippen molar-refractivity contribution in [3.05, 3.63) is 58.1 Å². The van der Waals surface area contributed by atoms with E-state index >= 15 is 0 Å². The first-order valence-electron chi connectivity index (χ1n) is 4.94. The first-order chi connectivity index (χ1) is 8.16. The second-order valence-electron chi connectivity index (χ2n) is 3.46. The van der Waals surface area contributed by atoms with Gasteiger partial charge in [0, 0.05) is 12.6 Å². The molecule has 0 amide bonds. The molecule has 88 valence electrons. The average Bonchev–Trinajstić information content (AvgIpc) is 2.31. The number of benzene rings is 1. The first kappa shape index (κ1) is 12.1. The third-order valence-electron chi connectivity index (χ3n) is 2.22. The highest BCUT2D eigenvalue weighted by Crippen LogP contribution is 2.26. The van der Waals surface area contributed by atoms with Crippen LogP contribution in [0.1, 0.15) is 5.56 Å². The van der Waals surface area contributed by atoms with Gasteiger partial charge in [-0.3, -0.25) is 4.98 Å². The van der Waals surface area contributed by atoms with Crippen molar-refractivity contribution >= 4 is 28.9 Å². The second kappa shape index (κ2) is 5.34. The number of hydrogen-bond acceptors (Lipinski definition) is 2. The van der Waals surface area contributed by atoms with Crippen LogP contribution in [0.25, 0.3) is 0 Å². The van der Waals surface area contributed by atoms with Crippen molar-refractivity contribution in [2.75, 3.05) is 5.32 Å². The monoisotopic (exact) mass is 270 g/mol. The molecule has 0 fully saturated rings. The number of halogens is 3. The van der Waals surface area contributed by atoms with Gasteiger partial charge in [-0.05, 0) is 11.6 Å². The minimum absolute atomic E-state index is 0.382. The number of nitrogens with zero attached hydrogens (tertiary/aromatic N) is 1. The fourth-order valence-electron chi connectivity index (χ4n) is 1.39. The molecular formula is C12H9Cl2FN2. The molecule has 0 atom stereocenters. The van der Waals surface area contributed by atoms with E-state index in [0.717, 1.165) is 11.8 Å². The van der Waals surface area contributed by atoms with E-state index in [9.17, 15) is 4.39 Å². The van der Waals surface area contributed by atoms with E-state index in [4.69, 9.17) is 23.2 Å². The van der Waals surface area contributed by atoms with Crippen LogP contribution in [0.2, 0.25) is 10.0 Å². The van der Waals surface area contributed by atoms with Gasteiger partial charge in [0.1, 0.15) is 5.82 Å². The van der Waals surface area contributed by atoms with E-state index in [1.165, 1.54) is 6.07 Å². The Labute approximate surface area is 108 Å². The Morgan fingerprint density at radius 2 is 2.06 bits per heavy atom. The minimum atomic E-state index is -0.382. The Hall–Kier alpha value is -1.32. The predicted molar refractivity (Wildman–Crippen MR) is 68.0 cm³/mol. The van der Waals surface area contributed by atoms with Gasteiger partial charge in [0.2, 0.25) is 0 Å². The van der Waals surface area contributed by atoms with E-state index < -0.39 is 0 Å². The summed E-state index contributed by atoms with van der Waals surface area (Å²) in [4.78, 5) is 3.74. The lowest BCUT2D eigenvalue weighted by Gasteiger charge is -2.08. The van der Waals surface area contributed by atoms with E-state index in [1.54, 1.807) is 12.3 Å². The van der Waals surface area contributed by atoms with Gasteiger partial charge in [-0.1, -0.05) is 35.3 Å². The van der Waals surface area contributed by atoms with Gasteiger partial charge in [-0.15, -0.1) is 0 Å². The molecule has 2 aromatic rings. The molecule has 0 unspecified atom stereocenters. The van der Waals surface area contributed by atoms with Crippen LogP contribution >= 0.6 is 23.2 Å². The van der Waals surface area contributed by atoms with Crippen LogP contribution < -0.4 is 5.32 Å². The number of hydrogen-bond donors (Lipinski definition) is 1. The first-order valence-corrected chi connectivity index (χ1v) is 5.70. The third kappa shape index (κ3) is 3.08. The van der Waals surface area contributed by atoms with E-state index in [-0.39, 0.29) is 5.82 Å². The van der Waals surface area contributed by atoms with Crippen LogP contribution in [0.3, 0.4) is 0 Å². The molecule has 1 N–H and O–H groups in total. The van der Waals surface area contributed by atoms with Crippen LogP contribution in [0.4, 0.5) is 10.1 Å². The molecule has 0 aliphatic carbocycles. The quantitative estimate of drug-likeness (QED) is 0.907. The van der Waals surface area contributed by atoms with Crippen LogP contribution in [0.15, 0.2) is 36.7 Å². The molecular weight excluding hydrogens is 262 g/mol. The molecule has 1 heterocycles. The van der Waals surface area contributed by atoms with Crippen molar-refractivity contribution in [1.29, 1.82) is 0 Å². The largest absolute Gasteiger partial charge is 0.380 e. The molecule has 0 aliphatic rings. The molecule has 17 heavy (non-hydrogen) atoms. The van der Waals surface area contributed by atoms with Gasteiger partial charge in [-0.25, -0.2) is 4.39 Å². The Morgan fingerprint density at radius 3 is 2.82 bits per heavy atom. The van der Waals surface area contributed by atoms with Crippen molar-refractivity contribution in [2.24, 2.45) is 0 Å². The summed E-state index contributed by atoms with van der Waals surface area (Å²) >= 11 is 11.9. The van der Waals surface area contributed by atoms with Gasteiger partial charge in [0.05, 0.1) is 28.1 Å². The standard InChI is InChI=1S/C12H9Cl2FN2/c13-11-3-1-2-8(12(11)14)5-17-10-4-9(15)6-16-7-10/h1-4,6-7,17H,5H2. The van der Waals surface area contributed by atoms with Crippen LogP contribution in [0.5, 0.6) is 0 Å². The lowest BCUT2D eigenvalue weighted by atomic mass is 10.2. The lowest BCUT2D eigenvalue weighted by molar-refractivity contribution is 0.622. The Bertz CT molecular complexity index is 532. The lowest BCUT2D eigenvalue weighted by Crippen LogP contribution is -2.01. The van der Waals surface area contributed by atoms with Crippen molar-refractivity contribution in [3.8, 4) is 0 Å². The highest BCUT2D eigenvalue weighted by molar-refractivity contribution is 6.42. The third-order valence-corrected chi connectivity index (χ3v) is 3.08. The van der Waals surface area contributed by atoms with Crippen LogP contribution in [-0.2, 0) is 6.54 Å². The van der Waals surface area contributed by atoms with Crippen molar-refractivity contribution in [1.82, 2.24) is 4.98 Å². The summed E-state index contributed by atoms with van der Waals surface area (Å²) in [6, 6.07) is 6.76. The molecule has 2 nitrogen and oxygen atoms in total. The summed E-state index contributed by atoms with van der Waals surface area (Å²) in [7, 11) is 0. The Balaban J connectivity index is 2.10. The summed E-state index contributed by atoms with van der Waals surface area (Å²) in [6.45, 7) is 0.463. The fourth-order valence-corrected chi connectivity index (χ4v) is 1.78. The molecule has 1 aromatic heterocycles. The van der Waals surface area contributed by atoms with Crippen molar-refractivity contribution < 1.29 is 4.39 Å². The molecule has 0 spiro atoms. The number of rotatable bonds is 3. The maximum atomic E-state index is 12.9. The maximum Gasteiger partial charge on any atom is 0.143 e. The maximum absolute atomic E-state index is 12.9. The van der Waals surface area contributed by atoms with Crippen LogP contribution in [-0.4, -0.2) is 4.98 Å². The SMILES string of the molecule is Fc1cncc(NCc2cccc(Cl)c2Cl)c1. The average molecular weight is 271 g/mol. The van der Waals surface area contributed by atoms with E-state index in [0.29, 0.717) is 22.3 Å². The normalized spacial score (nSPS) is 10.3. The van der Waals surface area contributed by atoms with E-state index in [2.05, 4.69) is 10.3 Å². The second-order valence-corrected chi connectivity index (χ2v) is 4.24. The number of nitrogens with one attached hydrogen (secondary N) is 1. The molecule has 5 heteroatoms. The molecule has 0 saturated carbocycles. The molecule has 2 rings (SSSR count). The Kier molecular flexibility index (Phi) is 3.82. The summed E-state index contributed by atoms with van der Waals surface area (Å²) < 4.78 is 12.9. The zero-order chi connectivity index (χ0) is 12.3. The molecule has 0 radical (unpaired) electrons. The Morgan fingerprint density at radius 1 is 1.24 bits per heavy atom. The number of aromatic nitrogens is 1. The summed E-state index contributed by atoms with van der Waals surface area (Å²) in [5, 5.41) is 4.03. The predicted octanol–water partition coefficient (Wildman–Crippen LogP) is 4.14. The number of anilines is 1. The summed E-state index contributed by atoms with van der Waals surface area (Å²) in [5.41, 5.74) is 1.45. The van der Waals surface area contributed by atoms with Crippen LogP contribution in [0, 0.1) is 5.82 Å².